The minimum Gasteiger partial charge on any atom is -0.508 e. The molecule has 2 aromatic carbocycles. The first-order valence-corrected chi connectivity index (χ1v) is 6.22. The topological polar surface area (TPSA) is 93.5 Å². The van der Waals surface area contributed by atoms with Crippen LogP contribution in [0.2, 0.25) is 0 Å². The molecular formula is C16H11NO4. The molecule has 5 nitrogen and oxygen atoms in total. The molecular weight excluding hydrogens is 270 g/mol. The summed E-state index contributed by atoms with van der Waals surface area (Å²) in [5.41, 5.74) is 5.94. The van der Waals surface area contributed by atoms with Gasteiger partial charge in [-0.05, 0) is 24.3 Å². The number of hydrogen-bond acceptors (Lipinski definition) is 4. The largest absolute Gasteiger partial charge is 0.508 e. The van der Waals surface area contributed by atoms with Crippen LogP contribution < -0.4 is 11.4 Å². The van der Waals surface area contributed by atoms with Gasteiger partial charge in [-0.3, -0.25) is 4.79 Å². The van der Waals surface area contributed by atoms with E-state index in [2.05, 4.69) is 0 Å². The molecule has 0 unspecified atom stereocenters. The summed E-state index contributed by atoms with van der Waals surface area (Å²) in [6.07, 6.45) is 0. The molecule has 0 aliphatic rings. The fourth-order valence-corrected chi connectivity index (χ4v) is 2.22. The summed E-state index contributed by atoms with van der Waals surface area (Å²) < 4.78 is 5.20. The molecule has 0 saturated heterocycles. The highest BCUT2D eigenvalue weighted by Gasteiger charge is 2.14. The summed E-state index contributed by atoms with van der Waals surface area (Å²) in [5.74, 6) is -0.605. The Morgan fingerprint density at radius 2 is 1.81 bits per heavy atom. The third-order valence-corrected chi connectivity index (χ3v) is 3.20. The van der Waals surface area contributed by atoms with Crippen molar-refractivity contribution in [3.63, 3.8) is 0 Å². The second-order valence-electron chi connectivity index (χ2n) is 4.58. The van der Waals surface area contributed by atoms with Crippen LogP contribution >= 0.6 is 0 Å². The lowest BCUT2D eigenvalue weighted by molar-refractivity contribution is 0.100. The maximum atomic E-state index is 12.1. The summed E-state index contributed by atoms with van der Waals surface area (Å²) in [6, 6.07) is 12.7. The zero-order valence-electron chi connectivity index (χ0n) is 10.9. The third kappa shape index (κ3) is 2.25. The van der Waals surface area contributed by atoms with Crippen LogP contribution in [0.25, 0.3) is 22.1 Å². The van der Waals surface area contributed by atoms with Crippen LogP contribution in [0.15, 0.2) is 57.7 Å². The minimum atomic E-state index is -0.615. The fraction of sp³-hybridized carbons (Fsp3) is 0. The summed E-state index contributed by atoms with van der Waals surface area (Å²) in [5, 5.41) is 10.0. The average molecular weight is 281 g/mol. The molecule has 3 rings (SSSR count). The number of primary amides is 1. The maximum absolute atomic E-state index is 12.1. The molecule has 1 amide bonds. The predicted octanol–water partition coefficient (Wildman–Crippen LogP) is 2.26. The van der Waals surface area contributed by atoms with Crippen LogP contribution in [0.5, 0.6) is 5.75 Å². The van der Waals surface area contributed by atoms with Crippen molar-refractivity contribution in [1.82, 2.24) is 0 Å². The first-order chi connectivity index (χ1) is 10.1. The van der Waals surface area contributed by atoms with E-state index in [-0.39, 0.29) is 22.5 Å². The van der Waals surface area contributed by atoms with E-state index in [9.17, 15) is 14.7 Å². The van der Waals surface area contributed by atoms with Crippen molar-refractivity contribution in [2.24, 2.45) is 5.73 Å². The zero-order chi connectivity index (χ0) is 15.0. The molecule has 3 aromatic rings. The van der Waals surface area contributed by atoms with Crippen LogP contribution in [0, 0.1) is 0 Å². The number of nitrogens with two attached hydrogens (primary N) is 1. The van der Waals surface area contributed by atoms with Crippen LogP contribution in [0.3, 0.4) is 0 Å². The minimum absolute atomic E-state index is 0.0101. The van der Waals surface area contributed by atoms with E-state index in [1.165, 1.54) is 12.1 Å². The Kier molecular flexibility index (Phi) is 2.95. The lowest BCUT2D eigenvalue weighted by atomic mass is 10.00. The molecule has 104 valence electrons. The van der Waals surface area contributed by atoms with Crippen molar-refractivity contribution in [3.05, 3.63) is 64.5 Å². The van der Waals surface area contributed by atoms with Gasteiger partial charge in [-0.1, -0.05) is 18.2 Å². The Balaban J connectivity index is 2.31. The molecule has 3 N–H and O–H groups in total. The van der Waals surface area contributed by atoms with Gasteiger partial charge in [-0.25, -0.2) is 4.79 Å². The molecule has 0 fully saturated rings. The molecule has 0 radical (unpaired) electrons. The number of phenolic OH excluding ortho intramolecular Hbond substituents is 1. The lowest BCUT2D eigenvalue weighted by Crippen LogP contribution is -2.14. The lowest BCUT2D eigenvalue weighted by Gasteiger charge is -2.06. The van der Waals surface area contributed by atoms with E-state index in [1.807, 2.05) is 0 Å². The molecule has 1 aromatic heterocycles. The number of hydrogen-bond donors (Lipinski definition) is 2. The summed E-state index contributed by atoms with van der Waals surface area (Å²) in [6.45, 7) is 0. The number of fused-ring (bicyclic) bond motifs is 1. The van der Waals surface area contributed by atoms with Crippen molar-refractivity contribution in [2.45, 2.75) is 0 Å². The molecule has 5 heteroatoms. The van der Waals surface area contributed by atoms with Gasteiger partial charge >= 0.3 is 5.63 Å². The molecule has 21 heavy (non-hydrogen) atoms. The second kappa shape index (κ2) is 4.79. The summed E-state index contributed by atoms with van der Waals surface area (Å²) in [4.78, 5) is 23.6. The van der Waals surface area contributed by atoms with E-state index < -0.39 is 11.5 Å². The number of rotatable bonds is 2. The van der Waals surface area contributed by atoms with Gasteiger partial charge in [-0.2, -0.15) is 0 Å². The number of aromatic hydroxyl groups is 1. The van der Waals surface area contributed by atoms with Crippen molar-refractivity contribution < 1.29 is 14.3 Å². The van der Waals surface area contributed by atoms with Gasteiger partial charge in [0.2, 0.25) is 5.91 Å². The number of carbonyl (C=O) groups excluding carboxylic acids is 1. The smallest absolute Gasteiger partial charge is 0.344 e. The maximum Gasteiger partial charge on any atom is 0.344 e. The van der Waals surface area contributed by atoms with Crippen LogP contribution in [-0.2, 0) is 0 Å². The highest BCUT2D eigenvalue weighted by Crippen LogP contribution is 2.25. The number of benzene rings is 2. The van der Waals surface area contributed by atoms with Crippen molar-refractivity contribution in [3.8, 4) is 16.9 Å². The molecule has 0 saturated carbocycles. The van der Waals surface area contributed by atoms with Gasteiger partial charge in [0, 0.05) is 22.6 Å². The number of carbonyl (C=O) groups is 1. The van der Waals surface area contributed by atoms with Crippen molar-refractivity contribution in [2.75, 3.05) is 0 Å². The Morgan fingerprint density at radius 1 is 1.05 bits per heavy atom. The van der Waals surface area contributed by atoms with Crippen LogP contribution in [0.4, 0.5) is 0 Å². The number of phenols is 1. The molecule has 0 bridgehead atoms. The van der Waals surface area contributed by atoms with Crippen LogP contribution in [-0.4, -0.2) is 11.0 Å². The Bertz CT molecular complexity index is 912. The Hall–Kier alpha value is -3.08. The standard InChI is InChI=1S/C16H11NO4/c17-15(19)12-4-2-1-3-11(12)13-7-9-5-6-10(18)8-14(9)21-16(13)20/h1-8,18H,(H2,17,19). The predicted molar refractivity (Wildman–Crippen MR) is 78.1 cm³/mol. The quantitative estimate of drug-likeness (QED) is 0.704. The van der Waals surface area contributed by atoms with E-state index in [0.717, 1.165) is 0 Å². The van der Waals surface area contributed by atoms with Gasteiger partial charge in [0.15, 0.2) is 0 Å². The molecule has 0 spiro atoms. The number of amides is 1. The first kappa shape index (κ1) is 12.9. The second-order valence-corrected chi connectivity index (χ2v) is 4.58. The van der Waals surface area contributed by atoms with E-state index in [0.29, 0.717) is 10.9 Å². The summed E-state index contributed by atoms with van der Waals surface area (Å²) >= 11 is 0. The molecule has 0 aliphatic carbocycles. The van der Waals surface area contributed by atoms with Crippen molar-refractivity contribution in [1.29, 1.82) is 0 Å². The van der Waals surface area contributed by atoms with Gasteiger partial charge in [-0.15, -0.1) is 0 Å². The van der Waals surface area contributed by atoms with Gasteiger partial charge in [0.05, 0.1) is 5.56 Å². The van der Waals surface area contributed by atoms with E-state index in [1.54, 1.807) is 36.4 Å². The van der Waals surface area contributed by atoms with Crippen molar-refractivity contribution >= 4 is 16.9 Å². The molecule has 1 heterocycles. The highest BCUT2D eigenvalue weighted by molar-refractivity contribution is 6.00. The summed E-state index contributed by atoms with van der Waals surface area (Å²) in [7, 11) is 0. The SMILES string of the molecule is NC(=O)c1ccccc1-c1cc2ccc(O)cc2oc1=O. The average Bonchev–Trinajstić information content (AvgIpc) is 2.46. The van der Waals surface area contributed by atoms with Gasteiger partial charge < -0.3 is 15.3 Å². The highest BCUT2D eigenvalue weighted by atomic mass is 16.4. The van der Waals surface area contributed by atoms with Crippen LogP contribution in [0.1, 0.15) is 10.4 Å². The van der Waals surface area contributed by atoms with Gasteiger partial charge in [0.25, 0.3) is 0 Å². The zero-order valence-corrected chi connectivity index (χ0v) is 10.9. The first-order valence-electron chi connectivity index (χ1n) is 6.22. The van der Waals surface area contributed by atoms with Gasteiger partial charge in [0.1, 0.15) is 11.3 Å². The Morgan fingerprint density at radius 3 is 2.57 bits per heavy atom. The fourth-order valence-electron chi connectivity index (χ4n) is 2.22. The third-order valence-electron chi connectivity index (χ3n) is 3.20. The normalized spacial score (nSPS) is 10.7. The Labute approximate surface area is 119 Å². The van der Waals surface area contributed by atoms with E-state index in [4.69, 9.17) is 10.2 Å². The van der Waals surface area contributed by atoms with E-state index >= 15 is 0 Å². The molecule has 0 atom stereocenters. The molecule has 0 aliphatic heterocycles. The monoisotopic (exact) mass is 281 g/mol.